The number of aromatic nitrogens is 1. The summed E-state index contributed by atoms with van der Waals surface area (Å²) in [7, 11) is 0. The van der Waals surface area contributed by atoms with Crippen LogP contribution < -0.4 is 0 Å². The van der Waals surface area contributed by atoms with Crippen molar-refractivity contribution >= 4 is 6.47 Å². The van der Waals surface area contributed by atoms with Gasteiger partial charge in [-0.1, -0.05) is 11.6 Å². The summed E-state index contributed by atoms with van der Waals surface area (Å²) in [6.07, 6.45) is 5.26. The summed E-state index contributed by atoms with van der Waals surface area (Å²) >= 11 is 0. The quantitative estimate of drug-likeness (QED) is 0.787. The van der Waals surface area contributed by atoms with E-state index in [1.54, 1.807) is 0 Å². The zero-order valence-corrected chi connectivity index (χ0v) is 15.8. The molecule has 2 bridgehead atoms. The maximum Gasteiger partial charge on any atom is 0.290 e. The highest BCUT2D eigenvalue weighted by Crippen LogP contribution is 2.41. The van der Waals surface area contributed by atoms with Crippen molar-refractivity contribution in [3.63, 3.8) is 0 Å². The predicted octanol–water partition coefficient (Wildman–Crippen LogP) is 1.66. The Bertz CT molecular complexity index is 572. The Morgan fingerprint density at radius 1 is 1.27 bits per heavy atom. The molecule has 0 saturated carbocycles. The van der Waals surface area contributed by atoms with E-state index >= 15 is 0 Å². The number of carboxylic acid groups (broad SMARTS) is 1. The maximum absolute atomic E-state index is 9.99. The second kappa shape index (κ2) is 8.50. The van der Waals surface area contributed by atoms with Crippen LogP contribution in [-0.2, 0) is 11.3 Å². The lowest BCUT2D eigenvalue weighted by Crippen LogP contribution is -2.64. The zero-order valence-electron chi connectivity index (χ0n) is 15.8. The largest absolute Gasteiger partial charge is 0.483 e. The maximum atomic E-state index is 9.99. The third-order valence-corrected chi connectivity index (χ3v) is 6.45. The Kier molecular flexibility index (Phi) is 6.32. The van der Waals surface area contributed by atoms with Gasteiger partial charge in [0, 0.05) is 37.3 Å². The van der Waals surface area contributed by atoms with Crippen LogP contribution >= 0.6 is 0 Å². The highest BCUT2D eigenvalue weighted by molar-refractivity contribution is 5.32. The molecule has 7 heteroatoms. The molecule has 0 radical (unpaired) electrons. The van der Waals surface area contributed by atoms with E-state index in [1.165, 1.54) is 44.3 Å². The van der Waals surface area contributed by atoms with E-state index in [0.717, 1.165) is 30.5 Å². The minimum absolute atomic E-state index is 0.250. The van der Waals surface area contributed by atoms with E-state index in [4.69, 9.17) is 14.4 Å². The first-order valence-electron chi connectivity index (χ1n) is 9.67. The van der Waals surface area contributed by atoms with Gasteiger partial charge in [0.05, 0.1) is 12.3 Å². The van der Waals surface area contributed by atoms with Crippen molar-refractivity contribution < 1.29 is 19.5 Å². The minimum atomic E-state index is -0.250. The predicted molar refractivity (Wildman–Crippen MR) is 96.8 cm³/mol. The lowest BCUT2D eigenvalue weighted by atomic mass is 9.72. The Hall–Kier alpha value is -1.44. The molecule has 3 fully saturated rings. The zero-order chi connectivity index (χ0) is 18.7. The number of aryl methyl sites for hydroxylation is 2. The molecule has 26 heavy (non-hydrogen) atoms. The molecule has 3 aliphatic heterocycles. The van der Waals surface area contributed by atoms with Gasteiger partial charge in [0.15, 0.2) is 0 Å². The molecule has 3 saturated heterocycles. The van der Waals surface area contributed by atoms with Crippen LogP contribution in [0.2, 0.25) is 0 Å². The number of hydrogen-bond acceptors (Lipinski definition) is 6. The molecule has 2 N–H and O–H groups in total. The van der Waals surface area contributed by atoms with Gasteiger partial charge in [0.2, 0.25) is 0 Å². The standard InChI is InChI=1S/C18H29N3O2.CH2O2/c1-12-16(13(2)23-19-12)10-20-8-14-7-15(9-20)18(11-22)21-6-4-3-5-17(14)21;2-1-3/h14-15,17-18,22H,3-11H2,1-2H3;1H,(H,2,3)/t14-,15+,17+,18+;/m1./s1. The smallest absolute Gasteiger partial charge is 0.290 e. The third kappa shape index (κ3) is 3.80. The van der Waals surface area contributed by atoms with Gasteiger partial charge in [0.25, 0.3) is 6.47 Å². The number of piperidine rings is 3. The fourth-order valence-electron chi connectivity index (χ4n) is 5.34. The minimum Gasteiger partial charge on any atom is -0.483 e. The van der Waals surface area contributed by atoms with Gasteiger partial charge in [-0.2, -0.15) is 0 Å². The SMILES string of the molecule is Cc1noc(C)c1CN1C[C@H]2C[C@@H](C1)[C@H](CO)N1CCCC[C@@H]21.O=CO. The van der Waals surface area contributed by atoms with Crippen molar-refractivity contribution in [1.82, 2.24) is 15.0 Å². The summed E-state index contributed by atoms with van der Waals surface area (Å²) in [5.41, 5.74) is 2.28. The number of aliphatic hydroxyl groups is 1. The number of rotatable bonds is 3. The molecule has 0 amide bonds. The molecule has 1 aromatic rings. The highest BCUT2D eigenvalue weighted by Gasteiger charge is 2.46. The molecule has 4 heterocycles. The Balaban J connectivity index is 0.000000613. The van der Waals surface area contributed by atoms with Gasteiger partial charge in [0.1, 0.15) is 5.76 Å². The van der Waals surface area contributed by atoms with Gasteiger partial charge >= 0.3 is 0 Å². The molecule has 0 spiro atoms. The van der Waals surface area contributed by atoms with Crippen LogP contribution in [0.4, 0.5) is 0 Å². The lowest BCUT2D eigenvalue weighted by molar-refractivity contribution is -0.122. The second-order valence-corrected chi connectivity index (χ2v) is 7.91. The van der Waals surface area contributed by atoms with Crippen molar-refractivity contribution in [2.45, 2.75) is 58.2 Å². The summed E-state index contributed by atoms with van der Waals surface area (Å²) in [5, 5.41) is 21.0. The number of likely N-dealkylation sites (tertiary alicyclic amines) is 1. The number of nitrogens with zero attached hydrogens (tertiary/aromatic N) is 3. The number of fused-ring (bicyclic) bond motifs is 4. The molecular weight excluding hydrogens is 334 g/mol. The van der Waals surface area contributed by atoms with Gasteiger partial charge in [-0.3, -0.25) is 14.6 Å². The van der Waals surface area contributed by atoms with Crippen LogP contribution in [0.15, 0.2) is 4.52 Å². The van der Waals surface area contributed by atoms with E-state index in [2.05, 4.69) is 15.0 Å². The monoisotopic (exact) mass is 365 g/mol. The average molecular weight is 365 g/mol. The molecule has 0 aliphatic carbocycles. The van der Waals surface area contributed by atoms with E-state index in [9.17, 15) is 5.11 Å². The van der Waals surface area contributed by atoms with Gasteiger partial charge in [-0.25, -0.2) is 0 Å². The fraction of sp³-hybridized carbons (Fsp3) is 0.789. The van der Waals surface area contributed by atoms with Gasteiger partial charge < -0.3 is 14.7 Å². The topological polar surface area (TPSA) is 90.0 Å². The summed E-state index contributed by atoms with van der Waals surface area (Å²) in [6, 6.07) is 1.05. The molecule has 4 rings (SSSR count). The van der Waals surface area contributed by atoms with E-state index in [0.29, 0.717) is 24.6 Å². The van der Waals surface area contributed by atoms with Crippen molar-refractivity contribution in [3.8, 4) is 0 Å². The van der Waals surface area contributed by atoms with Crippen LogP contribution in [0, 0.1) is 25.7 Å². The first-order chi connectivity index (χ1) is 12.6. The summed E-state index contributed by atoms with van der Waals surface area (Å²) in [4.78, 5) is 13.6. The van der Waals surface area contributed by atoms with Crippen LogP contribution in [0.3, 0.4) is 0 Å². The van der Waals surface area contributed by atoms with Crippen molar-refractivity contribution in [3.05, 3.63) is 17.0 Å². The van der Waals surface area contributed by atoms with E-state index in [-0.39, 0.29) is 6.47 Å². The first kappa shape index (κ1) is 19.3. The normalized spacial score (nSPS) is 31.7. The molecule has 146 valence electrons. The molecular formula is C19H31N3O4. The second-order valence-electron chi connectivity index (χ2n) is 7.91. The molecule has 0 unspecified atom stereocenters. The number of hydrogen-bond donors (Lipinski definition) is 2. The van der Waals surface area contributed by atoms with Crippen LogP contribution in [0.25, 0.3) is 0 Å². The van der Waals surface area contributed by atoms with Crippen molar-refractivity contribution in [2.75, 3.05) is 26.2 Å². The van der Waals surface area contributed by atoms with E-state index < -0.39 is 0 Å². The van der Waals surface area contributed by atoms with Crippen molar-refractivity contribution in [2.24, 2.45) is 11.8 Å². The summed E-state index contributed by atoms with van der Waals surface area (Å²) in [6.45, 7) is 8.52. The Morgan fingerprint density at radius 3 is 2.65 bits per heavy atom. The van der Waals surface area contributed by atoms with Gasteiger partial charge in [-0.05, 0) is 51.5 Å². The number of carbonyl (C=O) groups is 1. The van der Waals surface area contributed by atoms with Crippen LogP contribution in [0.1, 0.15) is 42.7 Å². The molecule has 1 aromatic heterocycles. The van der Waals surface area contributed by atoms with Gasteiger partial charge in [-0.15, -0.1) is 0 Å². The molecule has 7 nitrogen and oxygen atoms in total. The molecule has 4 atom stereocenters. The Labute approximate surface area is 154 Å². The lowest BCUT2D eigenvalue weighted by Gasteiger charge is -2.56. The van der Waals surface area contributed by atoms with Crippen LogP contribution in [0.5, 0.6) is 0 Å². The molecule has 0 aromatic carbocycles. The fourth-order valence-corrected chi connectivity index (χ4v) is 5.34. The van der Waals surface area contributed by atoms with Crippen LogP contribution in [-0.4, -0.2) is 70.0 Å². The number of aliphatic hydroxyl groups excluding tert-OH is 1. The molecule has 3 aliphatic rings. The average Bonchev–Trinajstić information content (AvgIpc) is 2.95. The Morgan fingerprint density at radius 2 is 2.00 bits per heavy atom. The third-order valence-electron chi connectivity index (χ3n) is 6.45. The summed E-state index contributed by atoms with van der Waals surface area (Å²) < 4.78 is 5.33. The van der Waals surface area contributed by atoms with E-state index in [1.807, 2.05) is 13.8 Å². The summed E-state index contributed by atoms with van der Waals surface area (Å²) in [5.74, 6) is 2.32. The highest BCUT2D eigenvalue weighted by atomic mass is 16.5. The van der Waals surface area contributed by atoms with Crippen molar-refractivity contribution in [1.29, 1.82) is 0 Å². The first-order valence-corrected chi connectivity index (χ1v) is 9.67.